The molecule has 170 valence electrons. The van der Waals surface area contributed by atoms with Crippen LogP contribution in [0.5, 0.6) is 0 Å². The summed E-state index contributed by atoms with van der Waals surface area (Å²) in [7, 11) is 2.25. The SMILES string of the molecule is CC[C@H]1CNCCN1c1nc2c(C(N)=O)c(C3CC4CCCC(C3)N4C)ccc2o1.Cl. The molecule has 3 aliphatic rings. The number of carbonyl (C=O) groups is 1. The first-order chi connectivity index (χ1) is 14.6. The number of piperazine rings is 1. The standard InChI is InChI=1S/C23H33N5O2.ClH/c1-3-15-13-25-9-10-28(15)23-26-21-19(30-23)8-7-18(20(21)22(24)29)14-11-16-5-4-6-17(12-14)27(16)2;/h7-8,14-17,25H,3-6,9-13H2,1-2H3,(H2,24,29);1H/t14?,15-,16?,17?;/m0./s1. The molecule has 1 amide bonds. The molecule has 7 nitrogen and oxygen atoms in total. The number of halogens is 1. The molecule has 0 radical (unpaired) electrons. The fourth-order valence-electron chi connectivity index (χ4n) is 5.97. The number of amides is 1. The van der Waals surface area contributed by atoms with Crippen molar-refractivity contribution in [2.75, 3.05) is 31.6 Å². The zero-order valence-electron chi connectivity index (χ0n) is 18.5. The minimum Gasteiger partial charge on any atom is -0.423 e. The van der Waals surface area contributed by atoms with E-state index in [0.717, 1.165) is 44.5 Å². The predicted molar refractivity (Wildman–Crippen MR) is 125 cm³/mol. The number of nitrogens with one attached hydrogen (secondary N) is 1. The highest BCUT2D eigenvalue weighted by Gasteiger charge is 2.38. The van der Waals surface area contributed by atoms with Gasteiger partial charge in [0.05, 0.1) is 5.56 Å². The van der Waals surface area contributed by atoms with Gasteiger partial charge in [-0.1, -0.05) is 19.4 Å². The van der Waals surface area contributed by atoms with Crippen LogP contribution in [0.1, 0.15) is 67.3 Å². The number of primary amides is 1. The first-order valence-corrected chi connectivity index (χ1v) is 11.5. The molecule has 0 aliphatic carbocycles. The van der Waals surface area contributed by atoms with E-state index in [1.54, 1.807) is 0 Å². The van der Waals surface area contributed by atoms with Gasteiger partial charge in [-0.3, -0.25) is 4.79 Å². The number of fused-ring (bicyclic) bond motifs is 3. The summed E-state index contributed by atoms with van der Waals surface area (Å²) in [6.07, 6.45) is 6.97. The van der Waals surface area contributed by atoms with Crippen molar-refractivity contribution in [2.24, 2.45) is 5.73 Å². The van der Waals surface area contributed by atoms with Crippen molar-refractivity contribution in [1.82, 2.24) is 15.2 Å². The minimum atomic E-state index is -0.396. The molecule has 31 heavy (non-hydrogen) atoms. The average molecular weight is 448 g/mol. The van der Waals surface area contributed by atoms with Gasteiger partial charge in [0.2, 0.25) is 0 Å². The van der Waals surface area contributed by atoms with Crippen LogP contribution in [0.4, 0.5) is 6.01 Å². The molecular formula is C23H34ClN5O2. The Bertz CT molecular complexity index is 933. The van der Waals surface area contributed by atoms with Gasteiger partial charge >= 0.3 is 0 Å². The van der Waals surface area contributed by atoms with Crippen molar-refractivity contribution in [2.45, 2.75) is 69.5 Å². The summed E-state index contributed by atoms with van der Waals surface area (Å²) in [5.74, 6) is -0.0435. The van der Waals surface area contributed by atoms with Crippen LogP contribution in [0.15, 0.2) is 16.5 Å². The topological polar surface area (TPSA) is 87.6 Å². The molecule has 2 bridgehead atoms. The van der Waals surface area contributed by atoms with Gasteiger partial charge < -0.3 is 25.3 Å². The molecule has 2 aromatic rings. The summed E-state index contributed by atoms with van der Waals surface area (Å²) in [5.41, 5.74) is 8.84. The van der Waals surface area contributed by atoms with Gasteiger partial charge in [0.1, 0.15) is 5.52 Å². The summed E-state index contributed by atoms with van der Waals surface area (Å²) in [6.45, 7) is 4.85. The lowest BCUT2D eigenvalue weighted by atomic mass is 9.75. The third-order valence-electron chi connectivity index (χ3n) is 7.68. The number of hydrogen-bond acceptors (Lipinski definition) is 6. The number of oxazole rings is 1. The largest absolute Gasteiger partial charge is 0.423 e. The van der Waals surface area contributed by atoms with Crippen molar-refractivity contribution < 1.29 is 9.21 Å². The smallest absolute Gasteiger partial charge is 0.298 e. The van der Waals surface area contributed by atoms with E-state index in [1.165, 1.54) is 19.3 Å². The van der Waals surface area contributed by atoms with Crippen molar-refractivity contribution in [3.05, 3.63) is 23.3 Å². The van der Waals surface area contributed by atoms with Crippen LogP contribution in [-0.4, -0.2) is 60.6 Å². The van der Waals surface area contributed by atoms with Gasteiger partial charge in [-0.25, -0.2) is 0 Å². The maximum Gasteiger partial charge on any atom is 0.298 e. The average Bonchev–Trinajstić information content (AvgIpc) is 3.16. The molecule has 1 aromatic heterocycles. The highest BCUT2D eigenvalue weighted by Crippen LogP contribution is 2.43. The molecule has 5 rings (SSSR count). The number of hydrogen-bond donors (Lipinski definition) is 2. The first-order valence-electron chi connectivity index (χ1n) is 11.5. The summed E-state index contributed by atoms with van der Waals surface area (Å²) in [4.78, 5) is 22.2. The molecule has 3 aliphatic heterocycles. The number of nitrogens with zero attached hydrogens (tertiary/aromatic N) is 3. The van der Waals surface area contributed by atoms with Gasteiger partial charge in [0.25, 0.3) is 11.9 Å². The monoisotopic (exact) mass is 447 g/mol. The normalized spacial score (nSPS) is 29.0. The van der Waals surface area contributed by atoms with Crippen LogP contribution >= 0.6 is 12.4 Å². The van der Waals surface area contributed by atoms with E-state index >= 15 is 0 Å². The maximum absolute atomic E-state index is 12.6. The molecule has 3 saturated heterocycles. The van der Waals surface area contributed by atoms with E-state index in [0.29, 0.717) is 46.7 Å². The van der Waals surface area contributed by atoms with Crippen molar-refractivity contribution in [3.63, 3.8) is 0 Å². The van der Waals surface area contributed by atoms with Crippen LogP contribution in [-0.2, 0) is 0 Å². The Labute approximate surface area is 190 Å². The van der Waals surface area contributed by atoms with Gasteiger partial charge in [-0.2, -0.15) is 4.98 Å². The zero-order chi connectivity index (χ0) is 20.8. The molecule has 4 heterocycles. The number of carbonyl (C=O) groups excluding carboxylic acids is 1. The molecule has 3 fully saturated rings. The second-order valence-corrected chi connectivity index (χ2v) is 9.27. The molecule has 8 heteroatoms. The molecule has 0 spiro atoms. The lowest BCUT2D eigenvalue weighted by Gasteiger charge is -2.47. The minimum absolute atomic E-state index is 0. The van der Waals surface area contributed by atoms with Crippen molar-refractivity contribution in [1.29, 1.82) is 0 Å². The second kappa shape index (κ2) is 8.96. The van der Waals surface area contributed by atoms with Crippen LogP contribution in [0.3, 0.4) is 0 Å². The third-order valence-corrected chi connectivity index (χ3v) is 7.68. The predicted octanol–water partition coefficient (Wildman–Crippen LogP) is 3.27. The highest BCUT2D eigenvalue weighted by atomic mass is 35.5. The molecular weight excluding hydrogens is 414 g/mol. The Kier molecular flexibility index (Phi) is 6.47. The lowest BCUT2D eigenvalue weighted by Crippen LogP contribution is -2.51. The van der Waals surface area contributed by atoms with E-state index < -0.39 is 5.91 Å². The number of piperidine rings is 2. The fourth-order valence-corrected chi connectivity index (χ4v) is 5.97. The van der Waals surface area contributed by atoms with Crippen molar-refractivity contribution in [3.8, 4) is 0 Å². The number of benzene rings is 1. The molecule has 1 aromatic carbocycles. The Balaban J connectivity index is 0.00000231. The molecule has 2 unspecified atom stereocenters. The fraction of sp³-hybridized carbons (Fsp3) is 0.652. The quantitative estimate of drug-likeness (QED) is 0.747. The van der Waals surface area contributed by atoms with Gasteiger partial charge in [0.15, 0.2) is 5.58 Å². The van der Waals surface area contributed by atoms with E-state index in [4.69, 9.17) is 15.1 Å². The Morgan fingerprint density at radius 2 is 2.03 bits per heavy atom. The summed E-state index contributed by atoms with van der Waals surface area (Å²) in [5, 5.41) is 3.43. The molecule has 0 saturated carbocycles. The van der Waals surface area contributed by atoms with E-state index in [2.05, 4.69) is 35.2 Å². The van der Waals surface area contributed by atoms with Gasteiger partial charge in [-0.15, -0.1) is 12.4 Å². The van der Waals surface area contributed by atoms with Gasteiger partial charge in [0, 0.05) is 37.8 Å². The Hall–Kier alpha value is -1.83. The summed E-state index contributed by atoms with van der Waals surface area (Å²) in [6, 6.07) is 6.20. The summed E-state index contributed by atoms with van der Waals surface area (Å²) >= 11 is 0. The molecule has 3 atom stereocenters. The van der Waals surface area contributed by atoms with Crippen LogP contribution < -0.4 is 16.0 Å². The third kappa shape index (κ3) is 3.92. The van der Waals surface area contributed by atoms with Crippen LogP contribution in [0.25, 0.3) is 11.1 Å². The number of rotatable bonds is 4. The van der Waals surface area contributed by atoms with Gasteiger partial charge in [-0.05, 0) is 56.7 Å². The Morgan fingerprint density at radius 1 is 1.29 bits per heavy atom. The van der Waals surface area contributed by atoms with Crippen LogP contribution in [0.2, 0.25) is 0 Å². The number of nitrogens with two attached hydrogens (primary N) is 1. The number of aromatic nitrogens is 1. The Morgan fingerprint density at radius 3 is 2.71 bits per heavy atom. The van der Waals surface area contributed by atoms with Crippen molar-refractivity contribution >= 4 is 35.4 Å². The van der Waals surface area contributed by atoms with E-state index in [1.807, 2.05) is 6.07 Å². The second-order valence-electron chi connectivity index (χ2n) is 9.27. The molecule has 3 N–H and O–H groups in total. The first kappa shape index (κ1) is 22.4. The maximum atomic E-state index is 12.6. The lowest BCUT2D eigenvalue weighted by molar-refractivity contribution is 0.0553. The van der Waals surface area contributed by atoms with E-state index in [-0.39, 0.29) is 12.4 Å². The summed E-state index contributed by atoms with van der Waals surface area (Å²) < 4.78 is 6.14. The van der Waals surface area contributed by atoms with Crippen LogP contribution in [0, 0.1) is 0 Å². The zero-order valence-corrected chi connectivity index (χ0v) is 19.3. The number of anilines is 1. The van der Waals surface area contributed by atoms with E-state index in [9.17, 15) is 4.79 Å². The highest BCUT2D eigenvalue weighted by molar-refractivity contribution is 6.05.